The van der Waals surface area contributed by atoms with Crippen molar-refractivity contribution in [1.29, 1.82) is 0 Å². The molecule has 0 aliphatic carbocycles. The summed E-state index contributed by atoms with van der Waals surface area (Å²) in [6.45, 7) is 3.70. The van der Waals surface area contributed by atoms with E-state index in [9.17, 15) is 17.6 Å². The van der Waals surface area contributed by atoms with Crippen molar-refractivity contribution in [2.75, 3.05) is 16.8 Å². The topological polar surface area (TPSA) is 107 Å². The fourth-order valence-corrected chi connectivity index (χ4v) is 5.65. The van der Waals surface area contributed by atoms with Crippen LogP contribution in [0.2, 0.25) is 0 Å². The van der Waals surface area contributed by atoms with E-state index >= 15 is 0 Å². The normalized spacial score (nSPS) is 21.2. The highest BCUT2D eigenvalue weighted by Gasteiger charge is 2.45. The second-order valence-corrected chi connectivity index (χ2v) is 9.04. The van der Waals surface area contributed by atoms with Gasteiger partial charge in [-0.15, -0.1) is 0 Å². The van der Waals surface area contributed by atoms with Crippen molar-refractivity contribution in [3.8, 4) is 0 Å². The number of rotatable bonds is 4. The molecule has 1 atom stereocenters. The summed E-state index contributed by atoms with van der Waals surface area (Å²) in [4.78, 5) is 11.7. The summed E-state index contributed by atoms with van der Waals surface area (Å²) in [6.07, 6.45) is 1.46. The molecule has 134 valence electrons. The summed E-state index contributed by atoms with van der Waals surface area (Å²) in [5.74, 6) is -0.856. The summed E-state index contributed by atoms with van der Waals surface area (Å²) in [7, 11) is -3.18. The fourth-order valence-electron chi connectivity index (χ4n) is 3.12. The number of carbonyl (C=O) groups excluding carboxylic acids is 1. The highest BCUT2D eigenvalue weighted by atomic mass is 32.2. The number of aromatic nitrogens is 2. The van der Waals surface area contributed by atoms with E-state index in [4.69, 9.17) is 5.73 Å². The largest absolute Gasteiger partial charge is 0.365 e. The lowest BCUT2D eigenvalue weighted by Crippen LogP contribution is -2.26. The van der Waals surface area contributed by atoms with E-state index in [1.54, 1.807) is 0 Å². The summed E-state index contributed by atoms with van der Waals surface area (Å²) in [6, 6.07) is 5.15. The molecule has 0 bridgehead atoms. The lowest BCUT2D eigenvalue weighted by atomic mass is 9.88. The molecule has 1 aromatic carbocycles. The molecular weight excluding hydrogens is 347 g/mol. The molecule has 1 saturated heterocycles. The number of primary amides is 1. The summed E-state index contributed by atoms with van der Waals surface area (Å²) >= 11 is 0. The number of carbonyl (C=O) groups is 1. The van der Waals surface area contributed by atoms with Crippen molar-refractivity contribution in [2.24, 2.45) is 11.1 Å². The number of benzene rings is 1. The Labute approximate surface area is 144 Å². The lowest BCUT2D eigenvalue weighted by molar-refractivity contribution is 0.100. The van der Waals surface area contributed by atoms with Gasteiger partial charge in [-0.2, -0.15) is 5.10 Å². The second-order valence-electron chi connectivity index (χ2n) is 6.93. The monoisotopic (exact) mass is 366 g/mol. The summed E-state index contributed by atoms with van der Waals surface area (Å²) in [5, 5.41) is 7.26. The zero-order valence-corrected chi connectivity index (χ0v) is 14.7. The van der Waals surface area contributed by atoms with Crippen LogP contribution in [-0.4, -0.2) is 35.6 Å². The molecule has 1 aliphatic rings. The van der Waals surface area contributed by atoms with Crippen LogP contribution in [0.25, 0.3) is 0 Å². The molecule has 1 fully saturated rings. The van der Waals surface area contributed by atoms with Crippen LogP contribution in [0.3, 0.4) is 0 Å². The van der Waals surface area contributed by atoms with E-state index in [-0.39, 0.29) is 28.7 Å². The Hall–Kier alpha value is -2.42. The molecule has 0 saturated carbocycles. The Balaban J connectivity index is 1.98. The third-order valence-corrected chi connectivity index (χ3v) is 6.34. The minimum atomic E-state index is -3.18. The minimum absolute atomic E-state index is 0.0458. The molecule has 25 heavy (non-hydrogen) atoms. The standard InChI is InChI=1S/C16H19FN4O3S/c1-16(2)9-25(23,24)8-13(16)21-7-12(14(18)22)15(20-21)19-11-5-3-10(17)4-6-11/h3-7,13H,8-9H2,1-2H3,(H2,18,22)(H,19,20)/t13-/m1/s1. The first-order valence-corrected chi connectivity index (χ1v) is 9.51. The second kappa shape index (κ2) is 5.83. The van der Waals surface area contributed by atoms with Crippen molar-refractivity contribution in [1.82, 2.24) is 9.78 Å². The Morgan fingerprint density at radius 3 is 2.52 bits per heavy atom. The Morgan fingerprint density at radius 1 is 1.36 bits per heavy atom. The van der Waals surface area contributed by atoms with Crippen LogP contribution in [0.15, 0.2) is 30.5 Å². The molecule has 1 amide bonds. The quantitative estimate of drug-likeness (QED) is 0.859. The smallest absolute Gasteiger partial charge is 0.254 e. The average molecular weight is 366 g/mol. The number of hydrogen-bond donors (Lipinski definition) is 2. The van der Waals surface area contributed by atoms with Crippen molar-refractivity contribution in [3.63, 3.8) is 0 Å². The van der Waals surface area contributed by atoms with Gasteiger partial charge < -0.3 is 11.1 Å². The minimum Gasteiger partial charge on any atom is -0.365 e. The van der Waals surface area contributed by atoms with Gasteiger partial charge in [0.1, 0.15) is 11.4 Å². The zero-order chi connectivity index (χ0) is 18.4. The molecule has 1 aliphatic heterocycles. The van der Waals surface area contributed by atoms with Gasteiger partial charge in [-0.05, 0) is 24.3 Å². The number of nitrogens with two attached hydrogens (primary N) is 1. The van der Waals surface area contributed by atoms with Crippen molar-refractivity contribution >= 4 is 27.2 Å². The van der Waals surface area contributed by atoms with E-state index in [1.165, 1.54) is 35.1 Å². The maximum atomic E-state index is 13.0. The molecule has 1 aromatic heterocycles. The van der Waals surface area contributed by atoms with E-state index in [1.807, 2.05) is 13.8 Å². The zero-order valence-electron chi connectivity index (χ0n) is 13.9. The van der Waals surface area contributed by atoms with Crippen LogP contribution in [0.5, 0.6) is 0 Å². The number of hydrogen-bond acceptors (Lipinski definition) is 5. The van der Waals surface area contributed by atoms with Gasteiger partial charge in [-0.1, -0.05) is 13.8 Å². The number of halogens is 1. The predicted octanol–water partition coefficient (Wildman–Crippen LogP) is 1.86. The van der Waals surface area contributed by atoms with Gasteiger partial charge >= 0.3 is 0 Å². The number of amides is 1. The molecule has 7 nitrogen and oxygen atoms in total. The SMILES string of the molecule is CC1(C)CS(=O)(=O)C[C@H]1n1cc(C(N)=O)c(Nc2ccc(F)cc2)n1. The maximum absolute atomic E-state index is 13.0. The molecule has 0 spiro atoms. The Kier molecular flexibility index (Phi) is 4.06. The van der Waals surface area contributed by atoms with Crippen LogP contribution in [0.1, 0.15) is 30.2 Å². The Bertz CT molecular complexity index is 919. The van der Waals surface area contributed by atoms with E-state index in [0.717, 1.165) is 0 Å². The molecule has 0 radical (unpaired) electrons. The number of nitrogens with one attached hydrogen (secondary N) is 1. The van der Waals surface area contributed by atoms with Crippen LogP contribution in [-0.2, 0) is 9.84 Å². The molecular formula is C16H19FN4O3S. The average Bonchev–Trinajstić information content (AvgIpc) is 2.99. The first kappa shape index (κ1) is 17.4. The predicted molar refractivity (Wildman–Crippen MR) is 91.9 cm³/mol. The molecule has 3 N–H and O–H groups in total. The number of anilines is 2. The fraction of sp³-hybridized carbons (Fsp3) is 0.375. The summed E-state index contributed by atoms with van der Waals surface area (Å²) in [5.41, 5.74) is 5.57. The van der Waals surface area contributed by atoms with E-state index in [0.29, 0.717) is 5.69 Å². The first-order valence-electron chi connectivity index (χ1n) is 7.69. The first-order chi connectivity index (χ1) is 11.6. The highest BCUT2D eigenvalue weighted by Crippen LogP contribution is 2.40. The van der Waals surface area contributed by atoms with Crippen molar-refractivity contribution < 1.29 is 17.6 Å². The third-order valence-electron chi connectivity index (χ3n) is 4.33. The lowest BCUT2D eigenvalue weighted by Gasteiger charge is -2.25. The van der Waals surface area contributed by atoms with E-state index < -0.39 is 27.2 Å². The van der Waals surface area contributed by atoms with Gasteiger partial charge in [0.15, 0.2) is 15.7 Å². The molecule has 3 rings (SSSR count). The van der Waals surface area contributed by atoms with Crippen molar-refractivity contribution in [3.05, 3.63) is 41.8 Å². The number of nitrogens with zero attached hydrogens (tertiary/aromatic N) is 2. The van der Waals surface area contributed by atoms with Gasteiger partial charge in [-0.3, -0.25) is 9.48 Å². The van der Waals surface area contributed by atoms with E-state index in [2.05, 4.69) is 10.4 Å². The van der Waals surface area contributed by atoms with Gasteiger partial charge in [0.25, 0.3) is 5.91 Å². The van der Waals surface area contributed by atoms with Crippen LogP contribution >= 0.6 is 0 Å². The van der Waals surface area contributed by atoms with Crippen molar-refractivity contribution in [2.45, 2.75) is 19.9 Å². The van der Waals surface area contributed by atoms with Gasteiger partial charge in [0.05, 0.1) is 17.5 Å². The maximum Gasteiger partial charge on any atom is 0.254 e. The van der Waals surface area contributed by atoms with Crippen LogP contribution < -0.4 is 11.1 Å². The molecule has 2 aromatic rings. The van der Waals surface area contributed by atoms with Crippen LogP contribution in [0, 0.1) is 11.2 Å². The van der Waals surface area contributed by atoms with Gasteiger partial charge in [0, 0.05) is 17.3 Å². The molecule has 2 heterocycles. The highest BCUT2D eigenvalue weighted by molar-refractivity contribution is 7.91. The summed E-state index contributed by atoms with van der Waals surface area (Å²) < 4.78 is 38.5. The Morgan fingerprint density at radius 2 is 2.00 bits per heavy atom. The van der Waals surface area contributed by atoms with Crippen LogP contribution in [0.4, 0.5) is 15.9 Å². The van der Waals surface area contributed by atoms with Gasteiger partial charge in [0.2, 0.25) is 0 Å². The molecule has 9 heteroatoms. The van der Waals surface area contributed by atoms with Gasteiger partial charge in [-0.25, -0.2) is 12.8 Å². The molecule has 0 unspecified atom stereocenters. The third kappa shape index (κ3) is 3.51. The number of sulfone groups is 1.